The molecule has 1 saturated carbocycles. The molecule has 3 amide bonds. The second kappa shape index (κ2) is 9.57. The summed E-state index contributed by atoms with van der Waals surface area (Å²) in [6, 6.07) is 15.8. The van der Waals surface area contributed by atoms with Crippen LogP contribution < -0.4 is 10.1 Å². The number of ether oxygens (including phenoxy) is 1. The average molecular weight is 419 g/mol. The fraction of sp³-hybridized carbons (Fsp3) is 0.292. The zero-order valence-corrected chi connectivity index (χ0v) is 17.2. The highest BCUT2D eigenvalue weighted by Gasteiger charge is 2.29. The Morgan fingerprint density at radius 3 is 2.55 bits per heavy atom. The molecule has 1 aromatic heterocycles. The van der Waals surface area contributed by atoms with Gasteiger partial charge in [0.05, 0.1) is 5.52 Å². The summed E-state index contributed by atoms with van der Waals surface area (Å²) in [7, 11) is 0. The molecule has 4 rings (SSSR count). The lowest BCUT2D eigenvalue weighted by Crippen LogP contribution is -2.41. The fourth-order valence-corrected chi connectivity index (χ4v) is 3.84. The summed E-state index contributed by atoms with van der Waals surface area (Å²) in [4.78, 5) is 28.8. The lowest BCUT2D eigenvalue weighted by Gasteiger charge is -2.23. The number of aromatic nitrogens is 1. The van der Waals surface area contributed by atoms with Crippen LogP contribution in [0.3, 0.4) is 0 Å². The van der Waals surface area contributed by atoms with Crippen LogP contribution in [0.2, 0.25) is 0 Å². The first-order chi connectivity index (χ1) is 15.1. The number of hydroxylamine groups is 2. The minimum atomic E-state index is -0.845. The molecule has 0 atom stereocenters. The van der Waals surface area contributed by atoms with Crippen molar-refractivity contribution in [3.63, 3.8) is 0 Å². The predicted molar refractivity (Wildman–Crippen MR) is 117 cm³/mol. The van der Waals surface area contributed by atoms with Gasteiger partial charge in [-0.2, -0.15) is 0 Å². The number of carbonyl (C=O) groups excluding carboxylic acids is 2. The van der Waals surface area contributed by atoms with Crippen LogP contribution in [0.25, 0.3) is 10.9 Å². The van der Waals surface area contributed by atoms with Gasteiger partial charge in [0.15, 0.2) is 0 Å². The van der Waals surface area contributed by atoms with Crippen LogP contribution in [-0.4, -0.2) is 27.2 Å². The molecular formula is C24H25N3O4. The number of carbonyl (C=O) groups is 2. The number of imide groups is 1. The average Bonchev–Trinajstić information content (AvgIpc) is 2.83. The highest BCUT2D eigenvalue weighted by Crippen LogP contribution is 2.26. The highest BCUT2D eigenvalue weighted by atomic mass is 16.5. The second-order valence-corrected chi connectivity index (χ2v) is 7.73. The largest absolute Gasteiger partial charge is 0.488 e. The van der Waals surface area contributed by atoms with E-state index in [-0.39, 0.29) is 11.0 Å². The van der Waals surface area contributed by atoms with E-state index in [1.54, 1.807) is 18.3 Å². The Morgan fingerprint density at radius 1 is 1.03 bits per heavy atom. The number of urea groups is 1. The van der Waals surface area contributed by atoms with Gasteiger partial charge in [-0.25, -0.2) is 4.79 Å². The van der Waals surface area contributed by atoms with Crippen LogP contribution in [0.4, 0.5) is 10.5 Å². The van der Waals surface area contributed by atoms with Crippen LogP contribution >= 0.6 is 0 Å². The molecule has 2 aromatic carbocycles. The predicted octanol–water partition coefficient (Wildman–Crippen LogP) is 5.14. The summed E-state index contributed by atoms with van der Waals surface area (Å²) in [5.74, 6) is -0.0692. The van der Waals surface area contributed by atoms with Gasteiger partial charge in [-0.15, -0.1) is 5.06 Å². The standard InChI is InChI=1S/C24H25N3O4/c28-23(18-6-2-1-3-7-18)27(30)24(29)26-19-12-10-17(11-13-19)16-31-22-14-15-25-21-9-5-4-8-20(21)22/h4-5,8-15,18,30H,1-3,6-7,16H2,(H,26,29). The molecule has 0 bridgehead atoms. The lowest BCUT2D eigenvalue weighted by molar-refractivity contribution is -0.157. The maximum atomic E-state index is 12.3. The Bertz CT molecular complexity index is 1060. The number of fused-ring (bicyclic) bond motifs is 1. The van der Waals surface area contributed by atoms with E-state index < -0.39 is 11.9 Å². The van der Waals surface area contributed by atoms with Crippen molar-refractivity contribution < 1.29 is 19.5 Å². The summed E-state index contributed by atoms with van der Waals surface area (Å²) < 4.78 is 5.94. The third kappa shape index (κ3) is 5.00. The molecule has 0 unspecified atom stereocenters. The summed E-state index contributed by atoms with van der Waals surface area (Å²) >= 11 is 0. The van der Waals surface area contributed by atoms with Gasteiger partial charge < -0.3 is 10.1 Å². The highest BCUT2D eigenvalue weighted by molar-refractivity contribution is 6.00. The molecule has 3 aromatic rings. The molecule has 1 heterocycles. The number of anilines is 1. The molecule has 1 aliphatic carbocycles. The Kier molecular flexibility index (Phi) is 6.43. The van der Waals surface area contributed by atoms with E-state index in [0.717, 1.165) is 41.5 Å². The number of benzene rings is 2. The Hall–Kier alpha value is -3.45. The SMILES string of the molecule is O=C(Nc1ccc(COc2ccnc3ccccc23)cc1)N(O)C(=O)C1CCCCC1. The van der Waals surface area contributed by atoms with Crippen LogP contribution in [0.5, 0.6) is 5.75 Å². The van der Waals surface area contributed by atoms with E-state index in [1.807, 2.05) is 42.5 Å². The molecule has 0 spiro atoms. The number of nitrogens with zero attached hydrogens (tertiary/aromatic N) is 2. The smallest absolute Gasteiger partial charge is 0.353 e. The van der Waals surface area contributed by atoms with E-state index in [2.05, 4.69) is 10.3 Å². The molecular weight excluding hydrogens is 394 g/mol. The molecule has 7 nitrogen and oxygen atoms in total. The van der Waals surface area contributed by atoms with E-state index in [9.17, 15) is 14.8 Å². The van der Waals surface area contributed by atoms with E-state index in [4.69, 9.17) is 4.74 Å². The molecule has 0 aliphatic heterocycles. The van der Waals surface area contributed by atoms with Gasteiger partial charge in [0.2, 0.25) is 0 Å². The quantitative estimate of drug-likeness (QED) is 0.441. The first kappa shape index (κ1) is 20.8. The Labute approximate surface area is 180 Å². The number of hydrogen-bond acceptors (Lipinski definition) is 5. The zero-order valence-electron chi connectivity index (χ0n) is 17.2. The fourth-order valence-electron chi connectivity index (χ4n) is 3.84. The topological polar surface area (TPSA) is 91.8 Å². The van der Waals surface area contributed by atoms with Crippen molar-refractivity contribution in [2.75, 3.05) is 5.32 Å². The van der Waals surface area contributed by atoms with Crippen molar-refractivity contribution in [3.8, 4) is 5.75 Å². The minimum Gasteiger partial charge on any atom is -0.488 e. The minimum absolute atomic E-state index is 0.210. The summed E-state index contributed by atoms with van der Waals surface area (Å²) in [5, 5.41) is 13.7. The van der Waals surface area contributed by atoms with Crippen molar-refractivity contribution in [3.05, 3.63) is 66.4 Å². The van der Waals surface area contributed by atoms with E-state index in [0.29, 0.717) is 25.1 Å². The van der Waals surface area contributed by atoms with E-state index in [1.165, 1.54) is 0 Å². The van der Waals surface area contributed by atoms with Crippen molar-refractivity contribution in [2.45, 2.75) is 38.7 Å². The number of nitrogens with one attached hydrogen (secondary N) is 1. The maximum absolute atomic E-state index is 12.3. The summed E-state index contributed by atoms with van der Waals surface area (Å²) in [6.07, 6.45) is 6.13. The maximum Gasteiger partial charge on any atom is 0.353 e. The number of pyridine rings is 1. The first-order valence-corrected chi connectivity index (χ1v) is 10.5. The van der Waals surface area contributed by atoms with Crippen LogP contribution in [0.15, 0.2) is 60.8 Å². The number of rotatable bonds is 5. The van der Waals surface area contributed by atoms with Gasteiger partial charge in [-0.1, -0.05) is 43.5 Å². The molecule has 1 fully saturated rings. The van der Waals surface area contributed by atoms with Crippen molar-refractivity contribution in [1.29, 1.82) is 0 Å². The van der Waals surface area contributed by atoms with Crippen LogP contribution in [-0.2, 0) is 11.4 Å². The zero-order chi connectivity index (χ0) is 21.6. The summed E-state index contributed by atoms with van der Waals surface area (Å²) in [6.45, 7) is 0.356. The van der Waals surface area contributed by atoms with E-state index >= 15 is 0 Å². The number of amides is 3. The molecule has 2 N–H and O–H groups in total. The normalized spacial score (nSPS) is 14.2. The van der Waals surface area contributed by atoms with Gasteiger partial charge in [-0.05, 0) is 48.7 Å². The molecule has 1 aliphatic rings. The van der Waals surface area contributed by atoms with Gasteiger partial charge in [0.1, 0.15) is 12.4 Å². The van der Waals surface area contributed by atoms with Gasteiger partial charge >= 0.3 is 6.03 Å². The lowest BCUT2D eigenvalue weighted by atomic mass is 9.88. The van der Waals surface area contributed by atoms with Crippen LogP contribution in [0, 0.1) is 5.92 Å². The molecule has 0 radical (unpaired) electrons. The summed E-state index contributed by atoms with van der Waals surface area (Å²) in [5.41, 5.74) is 2.27. The Morgan fingerprint density at radius 2 is 1.77 bits per heavy atom. The first-order valence-electron chi connectivity index (χ1n) is 10.5. The monoisotopic (exact) mass is 419 g/mol. The van der Waals surface area contributed by atoms with Gasteiger partial charge in [-0.3, -0.25) is 15.0 Å². The third-order valence-corrected chi connectivity index (χ3v) is 5.56. The molecule has 31 heavy (non-hydrogen) atoms. The van der Waals surface area contributed by atoms with Crippen molar-refractivity contribution in [2.24, 2.45) is 5.92 Å². The van der Waals surface area contributed by atoms with Crippen molar-refractivity contribution in [1.82, 2.24) is 10.0 Å². The van der Waals surface area contributed by atoms with Gasteiger partial charge in [0, 0.05) is 23.2 Å². The third-order valence-electron chi connectivity index (χ3n) is 5.56. The number of hydrogen-bond donors (Lipinski definition) is 2. The molecule has 160 valence electrons. The van der Waals surface area contributed by atoms with Gasteiger partial charge in [0.25, 0.3) is 5.91 Å². The van der Waals surface area contributed by atoms with Crippen LogP contribution in [0.1, 0.15) is 37.7 Å². The molecule has 0 saturated heterocycles. The van der Waals surface area contributed by atoms with Crippen molar-refractivity contribution >= 4 is 28.5 Å². The molecule has 7 heteroatoms. The Balaban J connectivity index is 1.33. The number of para-hydroxylation sites is 1. The second-order valence-electron chi connectivity index (χ2n) is 7.73.